The first-order valence-corrected chi connectivity index (χ1v) is 10.7. The van der Waals surface area contributed by atoms with E-state index >= 15 is 0 Å². The molecule has 3 aromatic rings. The van der Waals surface area contributed by atoms with Crippen molar-refractivity contribution in [3.8, 4) is 9.88 Å². The number of nitro benzene ring substituents is 1. The van der Waals surface area contributed by atoms with Gasteiger partial charge in [-0.25, -0.2) is 18.1 Å². The number of rotatable bonds is 6. The lowest BCUT2D eigenvalue weighted by Gasteiger charge is -2.08. The lowest BCUT2D eigenvalue weighted by atomic mass is 10.2. The summed E-state index contributed by atoms with van der Waals surface area (Å²) in [5.41, 5.74) is 0.967. The average molecular weight is 410 g/mol. The quantitative estimate of drug-likeness (QED) is 0.492. The third-order valence-electron chi connectivity index (χ3n) is 3.71. The van der Waals surface area contributed by atoms with E-state index in [4.69, 9.17) is 0 Å². The molecule has 2 aromatic heterocycles. The Morgan fingerprint density at radius 2 is 2.04 bits per heavy atom. The van der Waals surface area contributed by atoms with Crippen molar-refractivity contribution in [2.45, 2.75) is 25.3 Å². The normalized spacial score (nSPS) is 11.6. The standard InChI is InChI=1S/C16H15N3O4S3/c1-10-8-12(19(20)21)5-6-15(10)26(22,23)17-9-14-11(2)18-16(25-14)13-4-3-7-24-13/h3-8,17H,9H2,1-2H3. The fourth-order valence-electron chi connectivity index (χ4n) is 2.38. The van der Waals surface area contributed by atoms with Crippen LogP contribution in [0.1, 0.15) is 16.1 Å². The van der Waals surface area contributed by atoms with Crippen molar-refractivity contribution in [3.05, 3.63) is 62.0 Å². The van der Waals surface area contributed by atoms with Crippen LogP contribution in [-0.4, -0.2) is 18.3 Å². The van der Waals surface area contributed by atoms with E-state index in [0.29, 0.717) is 5.56 Å². The summed E-state index contributed by atoms with van der Waals surface area (Å²) in [6.45, 7) is 3.50. The largest absolute Gasteiger partial charge is 0.269 e. The Labute approximate surface area is 158 Å². The van der Waals surface area contributed by atoms with Crippen LogP contribution in [0.3, 0.4) is 0 Å². The summed E-state index contributed by atoms with van der Waals surface area (Å²) in [7, 11) is -3.78. The Hall–Kier alpha value is -2.14. The molecule has 7 nitrogen and oxygen atoms in total. The van der Waals surface area contributed by atoms with Crippen molar-refractivity contribution in [3.63, 3.8) is 0 Å². The van der Waals surface area contributed by atoms with Gasteiger partial charge in [0.2, 0.25) is 10.0 Å². The summed E-state index contributed by atoms with van der Waals surface area (Å²) in [6, 6.07) is 7.61. The fraction of sp³-hybridized carbons (Fsp3) is 0.188. The van der Waals surface area contributed by atoms with Gasteiger partial charge in [0.05, 0.1) is 20.4 Å². The lowest BCUT2D eigenvalue weighted by Crippen LogP contribution is -2.24. The van der Waals surface area contributed by atoms with Crippen LogP contribution in [0.15, 0.2) is 40.6 Å². The van der Waals surface area contributed by atoms with Gasteiger partial charge in [-0.1, -0.05) is 6.07 Å². The summed E-state index contributed by atoms with van der Waals surface area (Å²) in [5, 5.41) is 13.6. The first-order valence-electron chi connectivity index (χ1n) is 7.53. The first kappa shape index (κ1) is 18.6. The van der Waals surface area contributed by atoms with Crippen LogP contribution in [-0.2, 0) is 16.6 Å². The molecule has 0 fully saturated rings. The van der Waals surface area contributed by atoms with E-state index in [1.807, 2.05) is 24.4 Å². The minimum Gasteiger partial charge on any atom is -0.258 e. The van der Waals surface area contributed by atoms with E-state index in [0.717, 1.165) is 20.5 Å². The van der Waals surface area contributed by atoms with Crippen molar-refractivity contribution in [1.29, 1.82) is 0 Å². The first-order chi connectivity index (χ1) is 12.3. The molecule has 1 aromatic carbocycles. The van der Waals surface area contributed by atoms with Crippen molar-refractivity contribution in [1.82, 2.24) is 9.71 Å². The third-order valence-corrected chi connectivity index (χ3v) is 7.46. The predicted molar refractivity (Wildman–Crippen MR) is 102 cm³/mol. The molecule has 2 heterocycles. The molecule has 0 aliphatic carbocycles. The van der Waals surface area contributed by atoms with E-state index in [1.165, 1.54) is 36.5 Å². The van der Waals surface area contributed by atoms with E-state index in [9.17, 15) is 18.5 Å². The van der Waals surface area contributed by atoms with Crippen molar-refractivity contribution >= 4 is 38.4 Å². The van der Waals surface area contributed by atoms with E-state index in [2.05, 4.69) is 9.71 Å². The average Bonchev–Trinajstić information content (AvgIpc) is 3.22. The number of thiazole rings is 1. The number of benzene rings is 1. The van der Waals surface area contributed by atoms with Crippen LogP contribution < -0.4 is 4.72 Å². The summed E-state index contributed by atoms with van der Waals surface area (Å²) in [4.78, 5) is 16.6. The highest BCUT2D eigenvalue weighted by molar-refractivity contribution is 7.89. The van der Waals surface area contributed by atoms with Crippen LogP contribution >= 0.6 is 22.7 Å². The molecule has 1 N–H and O–H groups in total. The molecule has 0 saturated carbocycles. The van der Waals surface area contributed by atoms with Gasteiger partial charge in [0.25, 0.3) is 5.69 Å². The minimum absolute atomic E-state index is 0.0312. The number of nitrogens with one attached hydrogen (secondary N) is 1. The van der Waals surface area contributed by atoms with Crippen molar-refractivity contribution in [2.75, 3.05) is 0 Å². The molecule has 3 rings (SSSR count). The zero-order valence-corrected chi connectivity index (χ0v) is 16.4. The van der Waals surface area contributed by atoms with Crippen molar-refractivity contribution in [2.24, 2.45) is 0 Å². The molecule has 0 radical (unpaired) electrons. The summed E-state index contributed by atoms with van der Waals surface area (Å²) >= 11 is 3.03. The Morgan fingerprint density at radius 1 is 1.27 bits per heavy atom. The molecule has 0 unspecified atom stereocenters. The molecule has 26 heavy (non-hydrogen) atoms. The Morgan fingerprint density at radius 3 is 2.65 bits per heavy atom. The number of sulfonamides is 1. The SMILES string of the molecule is Cc1cc([N+](=O)[O-])ccc1S(=O)(=O)NCc1sc(-c2cccs2)nc1C. The van der Waals surface area contributed by atoms with Gasteiger partial charge in [-0.3, -0.25) is 10.1 Å². The van der Waals surface area contributed by atoms with Crippen LogP contribution in [0.4, 0.5) is 5.69 Å². The number of aromatic nitrogens is 1. The van der Waals surface area contributed by atoms with Crippen LogP contribution in [0, 0.1) is 24.0 Å². The van der Waals surface area contributed by atoms with Gasteiger partial charge >= 0.3 is 0 Å². The highest BCUT2D eigenvalue weighted by Gasteiger charge is 2.20. The second kappa shape index (κ2) is 7.23. The maximum absolute atomic E-state index is 12.6. The summed E-state index contributed by atoms with van der Waals surface area (Å²) in [6.07, 6.45) is 0. The molecule has 10 heteroatoms. The Kier molecular flexibility index (Phi) is 5.19. The number of nitro groups is 1. The highest BCUT2D eigenvalue weighted by Crippen LogP contribution is 2.31. The maximum Gasteiger partial charge on any atom is 0.269 e. The van der Waals surface area contributed by atoms with Gasteiger partial charge in [-0.05, 0) is 36.9 Å². The van der Waals surface area contributed by atoms with Gasteiger partial charge in [0.15, 0.2) is 0 Å². The second-order valence-electron chi connectivity index (χ2n) is 5.54. The number of nitrogens with zero attached hydrogens (tertiary/aromatic N) is 2. The van der Waals surface area contributed by atoms with Gasteiger partial charge in [-0.2, -0.15) is 0 Å². The molecule has 0 bridgehead atoms. The van der Waals surface area contributed by atoms with Gasteiger partial charge in [0.1, 0.15) is 5.01 Å². The van der Waals surface area contributed by atoms with E-state index < -0.39 is 14.9 Å². The molecular formula is C16H15N3O4S3. The predicted octanol–water partition coefficient (Wildman–Crippen LogP) is 3.88. The lowest BCUT2D eigenvalue weighted by molar-refractivity contribution is -0.385. The fourth-order valence-corrected chi connectivity index (χ4v) is 5.49. The van der Waals surface area contributed by atoms with Gasteiger partial charge < -0.3 is 0 Å². The number of thiophene rings is 1. The van der Waals surface area contributed by atoms with Gasteiger partial charge in [-0.15, -0.1) is 22.7 Å². The maximum atomic E-state index is 12.6. The molecule has 0 amide bonds. The molecule has 0 atom stereocenters. The van der Waals surface area contributed by atoms with E-state index in [1.54, 1.807) is 11.3 Å². The summed E-state index contributed by atoms with van der Waals surface area (Å²) < 4.78 is 27.7. The zero-order valence-electron chi connectivity index (χ0n) is 13.9. The third kappa shape index (κ3) is 3.83. The molecule has 0 spiro atoms. The molecule has 136 valence electrons. The minimum atomic E-state index is -3.78. The molecule has 0 saturated heterocycles. The zero-order chi connectivity index (χ0) is 18.9. The summed E-state index contributed by atoms with van der Waals surface area (Å²) in [5.74, 6) is 0. The second-order valence-corrected chi connectivity index (χ2v) is 9.30. The van der Waals surface area contributed by atoms with Gasteiger partial charge in [0, 0.05) is 23.6 Å². The van der Waals surface area contributed by atoms with Crippen LogP contribution in [0.5, 0.6) is 0 Å². The van der Waals surface area contributed by atoms with Crippen LogP contribution in [0.2, 0.25) is 0 Å². The number of hydrogen-bond donors (Lipinski definition) is 1. The van der Waals surface area contributed by atoms with E-state index in [-0.39, 0.29) is 17.1 Å². The topological polar surface area (TPSA) is 102 Å². The molecule has 0 aliphatic heterocycles. The number of aryl methyl sites for hydroxylation is 2. The smallest absolute Gasteiger partial charge is 0.258 e. The Balaban J connectivity index is 1.80. The van der Waals surface area contributed by atoms with Crippen LogP contribution in [0.25, 0.3) is 9.88 Å². The number of non-ortho nitro benzene ring substituents is 1. The molecule has 0 aliphatic rings. The molecular weight excluding hydrogens is 394 g/mol. The van der Waals surface area contributed by atoms with Crippen molar-refractivity contribution < 1.29 is 13.3 Å². The number of hydrogen-bond acceptors (Lipinski definition) is 7. The monoisotopic (exact) mass is 409 g/mol. The highest BCUT2D eigenvalue weighted by atomic mass is 32.2. The Bertz CT molecular complexity index is 1060.